The van der Waals surface area contributed by atoms with Crippen LogP contribution in [0.25, 0.3) is 55.8 Å². The summed E-state index contributed by atoms with van der Waals surface area (Å²) in [5, 5.41) is 2.03. The predicted molar refractivity (Wildman–Crippen MR) is 189 cm³/mol. The van der Waals surface area contributed by atoms with Crippen LogP contribution in [0.3, 0.4) is 0 Å². The maximum atomic E-state index is 5.94. The average molecular weight is 841 g/mol. The van der Waals surface area contributed by atoms with Gasteiger partial charge in [-0.25, -0.2) is 4.98 Å². The molecule has 233 valence electrons. The summed E-state index contributed by atoms with van der Waals surface area (Å²) in [6.07, 6.45) is 5.06. The Morgan fingerprint density at radius 3 is 2.22 bits per heavy atom. The molecular formula is C40H37GeIrN3O-2. The number of hydrogen-bond donors (Lipinski definition) is 0. The van der Waals surface area contributed by atoms with Gasteiger partial charge in [-0.1, -0.05) is 47.9 Å². The first-order chi connectivity index (χ1) is 21.8. The van der Waals surface area contributed by atoms with Crippen LogP contribution in [0.4, 0.5) is 0 Å². The van der Waals surface area contributed by atoms with Gasteiger partial charge in [0.25, 0.3) is 0 Å². The molecule has 0 N–H and O–H groups in total. The summed E-state index contributed by atoms with van der Waals surface area (Å²) in [4.78, 5) is 13.8. The van der Waals surface area contributed by atoms with Gasteiger partial charge in [-0.3, -0.25) is 0 Å². The fraction of sp³-hybridized carbons (Fsp3) is 0.175. The Hall–Kier alpha value is -3.90. The van der Waals surface area contributed by atoms with Crippen molar-refractivity contribution in [1.82, 2.24) is 15.0 Å². The van der Waals surface area contributed by atoms with Gasteiger partial charge in [-0.2, -0.15) is 0 Å². The van der Waals surface area contributed by atoms with E-state index in [9.17, 15) is 0 Å². The van der Waals surface area contributed by atoms with Gasteiger partial charge in [0, 0.05) is 37.3 Å². The Kier molecular flexibility index (Phi) is 10.7. The number of rotatable bonds is 6. The summed E-state index contributed by atoms with van der Waals surface area (Å²) < 4.78 is 7.48. The molecule has 0 amide bonds. The van der Waals surface area contributed by atoms with Crippen molar-refractivity contribution in [3.8, 4) is 33.8 Å². The van der Waals surface area contributed by atoms with Crippen molar-refractivity contribution < 1.29 is 24.5 Å². The SMILES string of the molecule is CC(C)Cc1cc(-c2[c-]cccc2)nc[c]1[Ge]([CH3])([CH3])[CH3].[Ir].[c-]1cc2oc3nc(-c4ccccc4)ccc3c2cc1-c1ccccn1. The van der Waals surface area contributed by atoms with Crippen LogP contribution >= 0.6 is 0 Å². The first-order valence-corrected chi connectivity index (χ1v) is 22.8. The zero-order chi connectivity index (χ0) is 31.4. The summed E-state index contributed by atoms with van der Waals surface area (Å²) in [7, 11) is 0. The molecule has 0 saturated carbocycles. The van der Waals surface area contributed by atoms with Crippen LogP contribution in [-0.4, -0.2) is 28.2 Å². The van der Waals surface area contributed by atoms with Crippen molar-refractivity contribution in [1.29, 1.82) is 0 Å². The first-order valence-electron chi connectivity index (χ1n) is 15.4. The van der Waals surface area contributed by atoms with Gasteiger partial charge in [-0.15, -0.1) is 23.8 Å². The summed E-state index contributed by atoms with van der Waals surface area (Å²) in [5.41, 5.74) is 8.88. The minimum absolute atomic E-state index is 0. The van der Waals surface area contributed by atoms with E-state index in [1.807, 2.05) is 78.9 Å². The molecule has 4 aromatic heterocycles. The van der Waals surface area contributed by atoms with Crippen molar-refractivity contribution >= 4 is 39.7 Å². The van der Waals surface area contributed by atoms with Crippen molar-refractivity contribution in [3.63, 3.8) is 0 Å². The van der Waals surface area contributed by atoms with Gasteiger partial charge in [-0.05, 0) is 23.9 Å². The summed E-state index contributed by atoms with van der Waals surface area (Å²) in [6.45, 7) is 4.57. The fourth-order valence-corrected chi connectivity index (χ4v) is 8.86. The number of hydrogen-bond acceptors (Lipinski definition) is 4. The zero-order valence-electron chi connectivity index (χ0n) is 26.8. The molecule has 0 spiro atoms. The van der Waals surface area contributed by atoms with E-state index in [4.69, 9.17) is 9.40 Å². The van der Waals surface area contributed by atoms with Crippen LogP contribution in [0.5, 0.6) is 0 Å². The van der Waals surface area contributed by atoms with Gasteiger partial charge in [0.05, 0.1) is 11.3 Å². The van der Waals surface area contributed by atoms with E-state index in [0.29, 0.717) is 11.6 Å². The van der Waals surface area contributed by atoms with Gasteiger partial charge < -0.3 is 9.40 Å². The molecule has 1 radical (unpaired) electrons. The topological polar surface area (TPSA) is 51.8 Å². The number of nitrogens with zero attached hydrogens (tertiary/aromatic N) is 3. The Balaban J connectivity index is 0.000000182. The quantitative estimate of drug-likeness (QED) is 0.124. The summed E-state index contributed by atoms with van der Waals surface area (Å²) in [6, 6.07) is 40.9. The normalized spacial score (nSPS) is 11.3. The van der Waals surface area contributed by atoms with Gasteiger partial charge in [0.1, 0.15) is 0 Å². The number of aromatic nitrogens is 3. The third-order valence-electron chi connectivity index (χ3n) is 7.69. The van der Waals surface area contributed by atoms with E-state index >= 15 is 0 Å². The standard InChI is InChI=1S/C22H13N2O.C18H24GeN.Ir/c1-2-6-15(7-3-1)20-11-10-17-18-14-16(19-8-4-5-13-23-19)9-12-21(18)25-22(17)24-20;1-14(2)11-16-12-18(15-9-7-6-8-10-15)20-13-17(16)19(3,4)5;/h1-8,10-14H;6-9,12-14H,11H2,1-5H3;/q2*-1;. The van der Waals surface area contributed by atoms with Gasteiger partial charge in [0.2, 0.25) is 5.71 Å². The fourth-order valence-electron chi connectivity index (χ4n) is 5.52. The van der Waals surface area contributed by atoms with Crippen LogP contribution in [0, 0.1) is 18.1 Å². The Bertz CT molecular complexity index is 2040. The average Bonchev–Trinajstić information content (AvgIpc) is 3.43. The second-order valence-electron chi connectivity index (χ2n) is 12.7. The number of furan rings is 1. The van der Waals surface area contributed by atoms with Crippen molar-refractivity contribution in [2.75, 3.05) is 0 Å². The second-order valence-corrected chi connectivity index (χ2v) is 23.3. The molecule has 7 rings (SSSR count). The molecule has 0 aliphatic heterocycles. The molecule has 0 aliphatic carbocycles. The number of fused-ring (bicyclic) bond motifs is 3. The molecule has 7 aromatic rings. The Morgan fingerprint density at radius 1 is 0.739 bits per heavy atom. The van der Waals surface area contributed by atoms with E-state index in [-0.39, 0.29) is 20.1 Å². The van der Waals surface area contributed by atoms with Gasteiger partial charge >= 0.3 is 126 Å². The zero-order valence-corrected chi connectivity index (χ0v) is 31.3. The molecule has 0 saturated heterocycles. The molecule has 4 nitrogen and oxygen atoms in total. The number of pyridine rings is 3. The van der Waals surface area contributed by atoms with Crippen LogP contribution in [0.1, 0.15) is 19.4 Å². The number of benzene rings is 3. The molecule has 0 bridgehead atoms. The molecule has 0 unspecified atom stereocenters. The van der Waals surface area contributed by atoms with E-state index in [1.54, 1.807) is 10.6 Å². The summed E-state index contributed by atoms with van der Waals surface area (Å²) in [5.74, 6) is 7.99. The van der Waals surface area contributed by atoms with Crippen molar-refractivity contribution in [2.45, 2.75) is 37.5 Å². The molecule has 46 heavy (non-hydrogen) atoms. The largest absolute Gasteiger partial charge is 0.486 e. The van der Waals surface area contributed by atoms with Crippen LogP contribution in [0.15, 0.2) is 120 Å². The maximum Gasteiger partial charge on any atom is 0.216 e. The minimum Gasteiger partial charge on any atom is -0.486 e. The van der Waals surface area contributed by atoms with Crippen molar-refractivity contribution in [2.24, 2.45) is 5.92 Å². The molecule has 6 heteroatoms. The van der Waals surface area contributed by atoms with Crippen LogP contribution in [0.2, 0.25) is 17.3 Å². The van der Waals surface area contributed by atoms with Crippen LogP contribution in [-0.2, 0) is 26.5 Å². The van der Waals surface area contributed by atoms with E-state index in [1.165, 1.54) is 5.56 Å². The minimum atomic E-state index is -1.86. The first kappa shape index (κ1) is 33.5. The van der Waals surface area contributed by atoms with Crippen molar-refractivity contribution in [3.05, 3.63) is 133 Å². The van der Waals surface area contributed by atoms with E-state index in [2.05, 4.69) is 83.7 Å². The predicted octanol–water partition coefficient (Wildman–Crippen LogP) is 9.80. The Labute approximate surface area is 288 Å². The monoisotopic (exact) mass is 842 g/mol. The third kappa shape index (κ3) is 7.72. The molecule has 0 atom stereocenters. The second kappa shape index (κ2) is 14.7. The van der Waals surface area contributed by atoms with E-state index in [0.717, 1.165) is 56.5 Å². The Morgan fingerprint density at radius 2 is 1.52 bits per heavy atom. The van der Waals surface area contributed by atoms with Crippen LogP contribution < -0.4 is 4.40 Å². The molecule has 3 aromatic carbocycles. The molecule has 0 fully saturated rings. The van der Waals surface area contributed by atoms with Gasteiger partial charge in [0.15, 0.2) is 0 Å². The molecular weight excluding hydrogens is 803 g/mol. The maximum absolute atomic E-state index is 5.94. The van der Waals surface area contributed by atoms with E-state index < -0.39 is 13.3 Å². The smallest absolute Gasteiger partial charge is 0.216 e. The third-order valence-corrected chi connectivity index (χ3v) is 12.0. The summed E-state index contributed by atoms with van der Waals surface area (Å²) >= 11 is -1.86. The molecule has 0 aliphatic rings. The molecule has 4 heterocycles.